The Morgan fingerprint density at radius 3 is 2.36 bits per heavy atom. The van der Waals surface area contributed by atoms with E-state index < -0.39 is 26.7 Å². The lowest BCUT2D eigenvalue weighted by Gasteiger charge is -2.13. The van der Waals surface area contributed by atoms with Crippen LogP contribution in [-0.4, -0.2) is 8.42 Å². The van der Waals surface area contributed by atoms with Crippen molar-refractivity contribution in [2.75, 3.05) is 0 Å². The van der Waals surface area contributed by atoms with Crippen LogP contribution < -0.4 is 4.72 Å². The second-order valence-corrected chi connectivity index (χ2v) is 6.62. The number of benzene rings is 2. The van der Waals surface area contributed by atoms with Crippen LogP contribution in [-0.2, 0) is 22.7 Å². The highest BCUT2D eigenvalue weighted by molar-refractivity contribution is 7.89. The van der Waals surface area contributed by atoms with Gasteiger partial charge in [0.05, 0.1) is 10.5 Å². The fourth-order valence-electron chi connectivity index (χ4n) is 1.84. The van der Waals surface area contributed by atoms with E-state index in [4.69, 9.17) is 11.6 Å². The first-order valence-corrected chi connectivity index (χ1v) is 7.96. The average molecular weight is 350 g/mol. The molecule has 3 nitrogen and oxygen atoms in total. The molecule has 0 bridgehead atoms. The second kappa shape index (κ2) is 6.28. The van der Waals surface area contributed by atoms with Crippen molar-refractivity contribution in [1.82, 2.24) is 4.72 Å². The lowest BCUT2D eigenvalue weighted by atomic mass is 10.2. The van der Waals surface area contributed by atoms with E-state index in [1.54, 1.807) is 18.2 Å². The fourth-order valence-corrected chi connectivity index (χ4v) is 3.29. The molecule has 0 unspecified atom stereocenters. The summed E-state index contributed by atoms with van der Waals surface area (Å²) in [5, 5.41) is 0.410. The Bertz CT molecular complexity index is 776. The smallest absolute Gasteiger partial charge is 0.207 e. The van der Waals surface area contributed by atoms with Gasteiger partial charge in [0, 0.05) is 11.6 Å². The van der Waals surface area contributed by atoms with Gasteiger partial charge in [-0.2, -0.15) is 13.2 Å². The van der Waals surface area contributed by atoms with Crippen LogP contribution in [0, 0.1) is 0 Å². The molecule has 0 fully saturated rings. The molecule has 2 aromatic carbocycles. The molecule has 0 heterocycles. The Morgan fingerprint density at radius 1 is 1.05 bits per heavy atom. The third kappa shape index (κ3) is 4.00. The van der Waals surface area contributed by atoms with E-state index in [1.165, 1.54) is 12.1 Å². The number of nitrogens with one attached hydrogen (secondary N) is 1. The van der Waals surface area contributed by atoms with Crippen molar-refractivity contribution >= 4 is 21.6 Å². The van der Waals surface area contributed by atoms with Crippen molar-refractivity contribution in [3.8, 4) is 0 Å². The largest absolute Gasteiger partial charge is 0.417 e. The standard InChI is InChI=1S/C14H11ClF3NO2S/c15-11-5-3-4-10(8-11)9-19-22(20,21)13-7-2-1-6-12(13)14(16,17)18/h1-8,19H,9H2. The zero-order valence-electron chi connectivity index (χ0n) is 11.1. The highest BCUT2D eigenvalue weighted by Crippen LogP contribution is 2.33. The molecule has 0 radical (unpaired) electrons. The first-order chi connectivity index (χ1) is 10.2. The zero-order valence-corrected chi connectivity index (χ0v) is 12.6. The number of halogens is 4. The van der Waals surface area contributed by atoms with E-state index in [0.29, 0.717) is 10.6 Å². The molecule has 2 aromatic rings. The first kappa shape index (κ1) is 16.8. The number of sulfonamides is 1. The Morgan fingerprint density at radius 2 is 1.73 bits per heavy atom. The minimum absolute atomic E-state index is 0.158. The van der Waals surface area contributed by atoms with Gasteiger partial charge >= 0.3 is 6.18 Å². The highest BCUT2D eigenvalue weighted by atomic mass is 35.5. The van der Waals surface area contributed by atoms with Gasteiger partial charge in [-0.3, -0.25) is 0 Å². The molecule has 0 aliphatic carbocycles. The van der Waals surface area contributed by atoms with Crippen molar-refractivity contribution in [2.45, 2.75) is 17.6 Å². The van der Waals surface area contributed by atoms with Gasteiger partial charge in [-0.05, 0) is 29.8 Å². The first-order valence-electron chi connectivity index (χ1n) is 6.10. The monoisotopic (exact) mass is 349 g/mol. The van der Waals surface area contributed by atoms with Crippen LogP contribution >= 0.6 is 11.6 Å². The van der Waals surface area contributed by atoms with Crippen LogP contribution in [0.4, 0.5) is 13.2 Å². The van der Waals surface area contributed by atoms with Crippen molar-refractivity contribution in [3.63, 3.8) is 0 Å². The second-order valence-electron chi connectivity index (χ2n) is 4.45. The van der Waals surface area contributed by atoms with E-state index in [1.807, 2.05) is 0 Å². The highest BCUT2D eigenvalue weighted by Gasteiger charge is 2.36. The number of alkyl halides is 3. The SMILES string of the molecule is O=S(=O)(NCc1cccc(Cl)c1)c1ccccc1C(F)(F)F. The zero-order chi connectivity index (χ0) is 16.4. The summed E-state index contributed by atoms with van der Waals surface area (Å²) in [6, 6.07) is 10.4. The molecule has 0 saturated heterocycles. The van der Waals surface area contributed by atoms with Gasteiger partial charge in [-0.15, -0.1) is 0 Å². The summed E-state index contributed by atoms with van der Waals surface area (Å²) in [6.07, 6.45) is -4.75. The molecule has 8 heteroatoms. The summed E-state index contributed by atoms with van der Waals surface area (Å²) >= 11 is 5.77. The summed E-state index contributed by atoms with van der Waals surface area (Å²) in [7, 11) is -4.30. The molecular weight excluding hydrogens is 339 g/mol. The third-order valence-electron chi connectivity index (χ3n) is 2.84. The van der Waals surface area contributed by atoms with Gasteiger partial charge in [-0.25, -0.2) is 13.1 Å². The van der Waals surface area contributed by atoms with E-state index >= 15 is 0 Å². The Kier molecular flexibility index (Phi) is 4.79. The maximum absolute atomic E-state index is 12.9. The van der Waals surface area contributed by atoms with Gasteiger partial charge in [0.1, 0.15) is 0 Å². The van der Waals surface area contributed by atoms with Crippen molar-refractivity contribution < 1.29 is 21.6 Å². The molecule has 0 saturated carbocycles. The predicted octanol–water partition coefficient (Wildman–Crippen LogP) is 3.84. The van der Waals surface area contributed by atoms with Crippen molar-refractivity contribution in [1.29, 1.82) is 0 Å². The molecule has 1 N–H and O–H groups in total. The van der Waals surface area contributed by atoms with Crippen LogP contribution in [0.2, 0.25) is 5.02 Å². The van der Waals surface area contributed by atoms with E-state index in [9.17, 15) is 21.6 Å². The van der Waals surface area contributed by atoms with Gasteiger partial charge in [0.25, 0.3) is 0 Å². The summed E-state index contributed by atoms with van der Waals surface area (Å²) in [5.41, 5.74) is -0.658. The van der Waals surface area contributed by atoms with Gasteiger partial charge in [-0.1, -0.05) is 35.9 Å². The number of rotatable bonds is 4. The summed E-state index contributed by atoms with van der Waals surface area (Å²) in [6.45, 7) is -0.158. The van der Waals surface area contributed by atoms with Crippen LogP contribution in [0.5, 0.6) is 0 Å². The van der Waals surface area contributed by atoms with Gasteiger partial charge in [0.15, 0.2) is 0 Å². The topological polar surface area (TPSA) is 46.2 Å². The normalized spacial score (nSPS) is 12.4. The molecule has 0 atom stereocenters. The van der Waals surface area contributed by atoms with Gasteiger partial charge in [0.2, 0.25) is 10.0 Å². The molecule has 0 spiro atoms. The summed E-state index contributed by atoms with van der Waals surface area (Å²) < 4.78 is 65.0. The molecule has 0 aliphatic rings. The van der Waals surface area contributed by atoms with Crippen LogP contribution in [0.1, 0.15) is 11.1 Å². The van der Waals surface area contributed by atoms with E-state index in [0.717, 1.165) is 18.2 Å². The van der Waals surface area contributed by atoms with Crippen molar-refractivity contribution in [3.05, 3.63) is 64.7 Å². The molecule has 22 heavy (non-hydrogen) atoms. The Labute approximate surface area is 130 Å². The number of hydrogen-bond donors (Lipinski definition) is 1. The van der Waals surface area contributed by atoms with Crippen LogP contribution in [0.15, 0.2) is 53.4 Å². The number of hydrogen-bond acceptors (Lipinski definition) is 2. The maximum Gasteiger partial charge on any atom is 0.417 e. The quantitative estimate of drug-likeness (QED) is 0.911. The predicted molar refractivity (Wildman–Crippen MR) is 76.9 cm³/mol. The molecule has 0 aromatic heterocycles. The van der Waals surface area contributed by atoms with Crippen LogP contribution in [0.3, 0.4) is 0 Å². The third-order valence-corrected chi connectivity index (χ3v) is 4.53. The molecular formula is C14H11ClF3NO2S. The average Bonchev–Trinajstić information content (AvgIpc) is 2.45. The minimum atomic E-state index is -4.75. The fraction of sp³-hybridized carbons (Fsp3) is 0.143. The Hall–Kier alpha value is -1.57. The van der Waals surface area contributed by atoms with E-state index in [2.05, 4.69) is 4.72 Å². The summed E-state index contributed by atoms with van der Waals surface area (Å²) in [4.78, 5) is -0.801. The molecule has 2 rings (SSSR count). The maximum atomic E-state index is 12.9. The van der Waals surface area contributed by atoms with Crippen LogP contribution in [0.25, 0.3) is 0 Å². The lowest BCUT2D eigenvalue weighted by molar-refractivity contribution is -0.139. The molecule has 0 amide bonds. The summed E-state index contributed by atoms with van der Waals surface area (Å²) in [5.74, 6) is 0. The molecule has 0 aliphatic heterocycles. The molecule has 118 valence electrons. The lowest BCUT2D eigenvalue weighted by Crippen LogP contribution is -2.26. The minimum Gasteiger partial charge on any atom is -0.207 e. The van der Waals surface area contributed by atoms with Gasteiger partial charge < -0.3 is 0 Å². The Balaban J connectivity index is 2.28. The van der Waals surface area contributed by atoms with E-state index in [-0.39, 0.29) is 6.54 Å². The van der Waals surface area contributed by atoms with Crippen molar-refractivity contribution in [2.24, 2.45) is 0 Å².